The maximum Gasteiger partial charge on any atom is 0.462 e. The van der Waals surface area contributed by atoms with Crippen LogP contribution in [0.5, 0.6) is 0 Å². The Bertz CT molecular complexity index is 470. The van der Waals surface area contributed by atoms with Gasteiger partial charge in [0.2, 0.25) is 0 Å². The number of ether oxygens (including phenoxy) is 1. The first-order chi connectivity index (χ1) is 8.38. The van der Waals surface area contributed by atoms with Crippen molar-refractivity contribution in [3.05, 3.63) is 26.1 Å². The average molecular weight is 260 g/mol. The second kappa shape index (κ2) is 5.51. The molecule has 1 unspecified atom stereocenters. The number of hydrogen-bond acceptors (Lipinski definition) is 7. The predicted octanol–water partition coefficient (Wildman–Crippen LogP) is 0.0152. The van der Waals surface area contributed by atoms with E-state index in [0.717, 1.165) is 4.57 Å². The highest BCUT2D eigenvalue weighted by molar-refractivity contribution is 5.42. The van der Waals surface area contributed by atoms with Crippen LogP contribution in [-0.4, -0.2) is 44.3 Å². The first-order valence-electron chi connectivity index (χ1n) is 4.91. The van der Waals surface area contributed by atoms with Crippen molar-refractivity contribution in [2.45, 2.75) is 19.6 Å². The number of aromatic nitrogens is 2. The number of rotatable bonds is 6. The average Bonchev–Trinajstić information content (AvgIpc) is 2.57. The van der Waals surface area contributed by atoms with E-state index < -0.39 is 27.6 Å². The van der Waals surface area contributed by atoms with Crippen LogP contribution in [0.1, 0.15) is 5.82 Å². The van der Waals surface area contributed by atoms with E-state index in [9.17, 15) is 25.3 Å². The van der Waals surface area contributed by atoms with Gasteiger partial charge in [0.1, 0.15) is 12.6 Å². The van der Waals surface area contributed by atoms with Crippen LogP contribution in [-0.2, 0) is 11.3 Å². The largest absolute Gasteiger partial charge is 0.462 e. The van der Waals surface area contributed by atoms with Gasteiger partial charge in [-0.05, 0) is 9.85 Å². The Kier molecular flexibility index (Phi) is 4.28. The maximum atomic E-state index is 10.8. The normalized spacial score (nSPS) is 12.4. The first-order valence-corrected chi connectivity index (χ1v) is 4.91. The number of aliphatic hydroxyl groups is 1. The van der Waals surface area contributed by atoms with E-state index in [-0.39, 0.29) is 19.0 Å². The number of imidazole rings is 1. The number of methoxy groups -OCH3 is 1. The highest BCUT2D eigenvalue weighted by Gasteiger charge is 2.36. The van der Waals surface area contributed by atoms with Gasteiger partial charge in [0.15, 0.2) is 0 Å². The molecule has 0 aliphatic heterocycles. The maximum absolute atomic E-state index is 10.8. The molecule has 1 atom stereocenters. The van der Waals surface area contributed by atoms with E-state index in [1.165, 1.54) is 14.0 Å². The van der Waals surface area contributed by atoms with E-state index in [0.29, 0.717) is 0 Å². The fourth-order valence-electron chi connectivity index (χ4n) is 1.51. The lowest BCUT2D eigenvalue weighted by Gasteiger charge is -2.07. The van der Waals surface area contributed by atoms with Gasteiger partial charge in [0, 0.05) is 19.0 Å². The zero-order valence-electron chi connectivity index (χ0n) is 9.77. The van der Waals surface area contributed by atoms with Gasteiger partial charge in [-0.3, -0.25) is 0 Å². The molecule has 1 heterocycles. The summed E-state index contributed by atoms with van der Waals surface area (Å²) in [6.45, 7) is 1.15. The molecule has 0 aliphatic carbocycles. The van der Waals surface area contributed by atoms with Crippen LogP contribution in [0.25, 0.3) is 0 Å². The van der Waals surface area contributed by atoms with E-state index >= 15 is 0 Å². The van der Waals surface area contributed by atoms with Crippen molar-refractivity contribution in [2.24, 2.45) is 0 Å². The van der Waals surface area contributed by atoms with Crippen LogP contribution < -0.4 is 0 Å². The fourth-order valence-corrected chi connectivity index (χ4v) is 1.51. The summed E-state index contributed by atoms with van der Waals surface area (Å²) in [5.41, 5.74) is 0. The summed E-state index contributed by atoms with van der Waals surface area (Å²) < 4.78 is 5.67. The molecule has 10 heteroatoms. The van der Waals surface area contributed by atoms with Crippen LogP contribution in [0.4, 0.5) is 11.6 Å². The zero-order valence-corrected chi connectivity index (χ0v) is 9.77. The highest BCUT2D eigenvalue weighted by atomic mass is 16.6. The third-order valence-corrected chi connectivity index (χ3v) is 2.21. The van der Waals surface area contributed by atoms with Crippen LogP contribution >= 0.6 is 0 Å². The van der Waals surface area contributed by atoms with Gasteiger partial charge in [-0.2, -0.15) is 4.57 Å². The van der Waals surface area contributed by atoms with Gasteiger partial charge in [0.25, 0.3) is 0 Å². The first kappa shape index (κ1) is 14.0. The van der Waals surface area contributed by atoms with Crippen LogP contribution in [0.2, 0.25) is 0 Å². The molecule has 1 aromatic heterocycles. The fraction of sp³-hybridized carbons (Fsp3) is 0.625. The van der Waals surface area contributed by atoms with Crippen LogP contribution in [0, 0.1) is 27.2 Å². The Morgan fingerprint density at radius 3 is 2.50 bits per heavy atom. The summed E-state index contributed by atoms with van der Waals surface area (Å²) >= 11 is 0. The molecule has 1 N–H and O–H groups in total. The van der Waals surface area contributed by atoms with Crippen molar-refractivity contribution >= 4 is 11.6 Å². The molecule has 0 fully saturated rings. The van der Waals surface area contributed by atoms with Crippen molar-refractivity contribution in [3.8, 4) is 0 Å². The number of nitrogens with zero attached hydrogens (tertiary/aromatic N) is 4. The SMILES string of the molecule is COCC(O)Cn1c(C)nc([N+](=O)[O-])c1[N+](=O)[O-]. The lowest BCUT2D eigenvalue weighted by atomic mass is 10.3. The molecule has 1 rings (SSSR count). The molecule has 100 valence electrons. The number of aryl methyl sites for hydroxylation is 1. The molecule has 0 spiro atoms. The molecular weight excluding hydrogens is 248 g/mol. The van der Waals surface area contributed by atoms with Crippen molar-refractivity contribution in [1.29, 1.82) is 0 Å². The minimum atomic E-state index is -1.01. The molecular formula is C8H12N4O6. The highest BCUT2D eigenvalue weighted by Crippen LogP contribution is 2.27. The van der Waals surface area contributed by atoms with Crippen LogP contribution in [0.15, 0.2) is 0 Å². The van der Waals surface area contributed by atoms with E-state index in [1.54, 1.807) is 0 Å². The molecule has 0 radical (unpaired) electrons. The third-order valence-electron chi connectivity index (χ3n) is 2.21. The minimum Gasteiger partial charge on any atom is -0.387 e. The summed E-state index contributed by atoms with van der Waals surface area (Å²) in [4.78, 5) is 23.2. The van der Waals surface area contributed by atoms with Gasteiger partial charge in [-0.1, -0.05) is 0 Å². The lowest BCUT2D eigenvalue weighted by molar-refractivity contribution is -0.428. The molecule has 1 aromatic rings. The van der Waals surface area contributed by atoms with Crippen LogP contribution in [0.3, 0.4) is 0 Å². The van der Waals surface area contributed by atoms with Gasteiger partial charge in [-0.25, -0.2) is 0 Å². The van der Waals surface area contributed by atoms with E-state index in [2.05, 4.69) is 9.72 Å². The predicted molar refractivity (Wildman–Crippen MR) is 58.2 cm³/mol. The summed E-state index contributed by atoms with van der Waals surface area (Å²) in [6, 6.07) is 0. The summed E-state index contributed by atoms with van der Waals surface area (Å²) in [6.07, 6.45) is -1.01. The van der Waals surface area contributed by atoms with Crippen molar-refractivity contribution in [1.82, 2.24) is 9.55 Å². The van der Waals surface area contributed by atoms with Crippen molar-refractivity contribution in [2.75, 3.05) is 13.7 Å². The second-order valence-electron chi connectivity index (χ2n) is 3.54. The lowest BCUT2D eigenvalue weighted by Crippen LogP contribution is -2.22. The Labute approximate surface area is 101 Å². The van der Waals surface area contributed by atoms with Gasteiger partial charge >= 0.3 is 17.5 Å². The summed E-state index contributed by atoms with van der Waals surface area (Å²) in [5.74, 6) is -1.49. The molecule has 0 aromatic carbocycles. The molecule has 0 bridgehead atoms. The third kappa shape index (κ3) is 2.78. The summed E-state index contributed by atoms with van der Waals surface area (Å²) in [7, 11) is 1.36. The molecule has 0 saturated heterocycles. The monoisotopic (exact) mass is 260 g/mol. The van der Waals surface area contributed by atoms with Crippen molar-refractivity contribution < 1.29 is 19.7 Å². The smallest absolute Gasteiger partial charge is 0.387 e. The van der Waals surface area contributed by atoms with Gasteiger partial charge < -0.3 is 30.1 Å². The topological polar surface area (TPSA) is 134 Å². The quantitative estimate of drug-likeness (QED) is 0.562. The van der Waals surface area contributed by atoms with E-state index in [1.807, 2.05) is 0 Å². The van der Waals surface area contributed by atoms with Crippen molar-refractivity contribution in [3.63, 3.8) is 0 Å². The zero-order chi connectivity index (χ0) is 13.9. The van der Waals surface area contributed by atoms with Gasteiger partial charge in [-0.15, -0.1) is 0 Å². The Morgan fingerprint density at radius 2 is 2.06 bits per heavy atom. The molecule has 0 aliphatic rings. The molecule has 0 amide bonds. The molecule has 10 nitrogen and oxygen atoms in total. The summed E-state index contributed by atoms with van der Waals surface area (Å²) in [5, 5.41) is 31.0. The number of nitro groups is 2. The molecule has 0 saturated carbocycles. The Morgan fingerprint density at radius 1 is 1.44 bits per heavy atom. The minimum absolute atomic E-state index is 0.0391. The second-order valence-corrected chi connectivity index (χ2v) is 3.54. The Hall–Kier alpha value is -2.07. The van der Waals surface area contributed by atoms with Gasteiger partial charge in [0.05, 0.1) is 6.61 Å². The number of hydrogen-bond donors (Lipinski definition) is 1. The Balaban J connectivity index is 3.17. The number of aliphatic hydroxyl groups excluding tert-OH is 1. The standard InChI is InChI=1S/C8H12N4O6/c1-5-9-7(11(14)15)8(12(16)17)10(5)3-6(13)4-18-2/h6,13H,3-4H2,1-2H3. The van der Waals surface area contributed by atoms with E-state index in [4.69, 9.17) is 0 Å². The molecule has 18 heavy (non-hydrogen) atoms.